The molecular formula is C19H30N2O5. The third kappa shape index (κ3) is 3.67. The Morgan fingerprint density at radius 1 is 1.15 bits per heavy atom. The Hall–Kier alpha value is -1.79. The minimum atomic E-state index is -0.479. The number of carbonyl (C=O) groups is 3. The van der Waals surface area contributed by atoms with Gasteiger partial charge in [0, 0.05) is 25.6 Å². The Labute approximate surface area is 155 Å². The van der Waals surface area contributed by atoms with E-state index >= 15 is 0 Å². The second-order valence-electron chi connectivity index (χ2n) is 8.91. The fraction of sp³-hybridized carbons (Fsp3) is 0.842. The van der Waals surface area contributed by atoms with Gasteiger partial charge in [0.2, 0.25) is 5.91 Å². The van der Waals surface area contributed by atoms with Crippen LogP contribution in [0.3, 0.4) is 0 Å². The number of esters is 1. The van der Waals surface area contributed by atoms with Crippen LogP contribution in [0.15, 0.2) is 0 Å². The van der Waals surface area contributed by atoms with E-state index in [0.717, 1.165) is 25.7 Å². The molecule has 26 heavy (non-hydrogen) atoms. The number of piperidine rings is 1. The third-order valence-electron chi connectivity index (χ3n) is 5.94. The zero-order valence-corrected chi connectivity index (χ0v) is 16.2. The number of amides is 2. The van der Waals surface area contributed by atoms with Crippen LogP contribution in [0, 0.1) is 5.41 Å². The van der Waals surface area contributed by atoms with Crippen molar-refractivity contribution in [3.63, 3.8) is 0 Å². The second kappa shape index (κ2) is 6.74. The molecule has 146 valence electrons. The highest BCUT2D eigenvalue weighted by Crippen LogP contribution is 2.52. The molecule has 1 spiro atoms. The van der Waals surface area contributed by atoms with Gasteiger partial charge in [-0.1, -0.05) is 0 Å². The molecule has 3 rings (SSSR count). The summed E-state index contributed by atoms with van der Waals surface area (Å²) >= 11 is 0. The van der Waals surface area contributed by atoms with Gasteiger partial charge in [0.15, 0.2) is 0 Å². The van der Waals surface area contributed by atoms with Gasteiger partial charge < -0.3 is 19.3 Å². The zero-order valence-electron chi connectivity index (χ0n) is 16.2. The maximum atomic E-state index is 12.2. The number of methoxy groups -OCH3 is 1. The fourth-order valence-electron chi connectivity index (χ4n) is 4.56. The summed E-state index contributed by atoms with van der Waals surface area (Å²) < 4.78 is 10.3. The van der Waals surface area contributed by atoms with Gasteiger partial charge in [-0.15, -0.1) is 0 Å². The summed E-state index contributed by atoms with van der Waals surface area (Å²) in [5.74, 6) is -0.247. The van der Waals surface area contributed by atoms with E-state index in [1.807, 2.05) is 20.8 Å². The first-order chi connectivity index (χ1) is 12.1. The lowest BCUT2D eigenvalue weighted by atomic mass is 9.60. The van der Waals surface area contributed by atoms with Crippen LogP contribution in [0.25, 0.3) is 0 Å². The van der Waals surface area contributed by atoms with Gasteiger partial charge in [0.25, 0.3) is 0 Å². The molecule has 1 saturated carbocycles. The molecule has 2 amide bonds. The van der Waals surface area contributed by atoms with E-state index in [0.29, 0.717) is 25.9 Å². The summed E-state index contributed by atoms with van der Waals surface area (Å²) in [4.78, 5) is 39.9. The van der Waals surface area contributed by atoms with Crippen LogP contribution >= 0.6 is 0 Å². The number of ether oxygens (including phenoxy) is 2. The Morgan fingerprint density at radius 2 is 1.77 bits per heavy atom. The molecular weight excluding hydrogens is 336 g/mol. The third-order valence-corrected chi connectivity index (χ3v) is 5.94. The van der Waals surface area contributed by atoms with Crippen molar-refractivity contribution >= 4 is 18.0 Å². The molecule has 3 fully saturated rings. The molecule has 2 aliphatic heterocycles. The number of hydrogen-bond donors (Lipinski definition) is 0. The maximum absolute atomic E-state index is 12.2. The molecule has 0 aromatic carbocycles. The molecule has 0 bridgehead atoms. The minimum absolute atomic E-state index is 0.0615. The molecule has 1 aliphatic carbocycles. The van der Waals surface area contributed by atoms with Crippen molar-refractivity contribution in [2.75, 3.05) is 20.2 Å². The van der Waals surface area contributed by atoms with Gasteiger partial charge >= 0.3 is 12.1 Å². The van der Waals surface area contributed by atoms with Crippen molar-refractivity contribution in [2.45, 2.75) is 77.0 Å². The van der Waals surface area contributed by atoms with Crippen LogP contribution in [0.5, 0.6) is 0 Å². The molecule has 2 saturated heterocycles. The lowest BCUT2D eigenvalue weighted by Crippen LogP contribution is -2.58. The van der Waals surface area contributed by atoms with Crippen LogP contribution in [-0.4, -0.2) is 65.7 Å². The molecule has 3 aliphatic rings. The highest BCUT2D eigenvalue weighted by Gasteiger charge is 2.53. The van der Waals surface area contributed by atoms with Crippen LogP contribution in [-0.2, 0) is 19.1 Å². The second-order valence-corrected chi connectivity index (χ2v) is 8.91. The molecule has 1 unspecified atom stereocenters. The van der Waals surface area contributed by atoms with E-state index < -0.39 is 11.6 Å². The van der Waals surface area contributed by atoms with Gasteiger partial charge in [-0.25, -0.2) is 9.59 Å². The summed E-state index contributed by atoms with van der Waals surface area (Å²) in [6.45, 7) is 7.00. The van der Waals surface area contributed by atoms with Crippen LogP contribution in [0.1, 0.15) is 59.3 Å². The lowest BCUT2D eigenvalue weighted by Gasteiger charge is -2.55. The first-order valence-corrected chi connectivity index (χ1v) is 9.51. The van der Waals surface area contributed by atoms with Crippen molar-refractivity contribution in [1.29, 1.82) is 0 Å². The summed E-state index contributed by atoms with van der Waals surface area (Å²) in [7, 11) is 1.37. The Kier molecular flexibility index (Phi) is 4.92. The smallest absolute Gasteiger partial charge is 0.410 e. The van der Waals surface area contributed by atoms with Crippen LogP contribution in [0.2, 0.25) is 0 Å². The molecule has 7 nitrogen and oxygen atoms in total. The summed E-state index contributed by atoms with van der Waals surface area (Å²) in [6, 6.07) is -0.293. The standard InChI is InChI=1S/C19H30N2O5/c1-18(2,3)26-17(24)20-9-7-19(8-10-20)11-13(12-19)21-14(16(23)25-4)5-6-15(21)22/h13-14H,5-12H2,1-4H3. The predicted octanol–water partition coefficient (Wildman–Crippen LogP) is 2.33. The van der Waals surface area contributed by atoms with E-state index in [1.54, 1.807) is 9.80 Å². The largest absolute Gasteiger partial charge is 0.467 e. The summed E-state index contributed by atoms with van der Waals surface area (Å²) in [6.07, 6.45) is 4.41. The van der Waals surface area contributed by atoms with Crippen molar-refractivity contribution in [1.82, 2.24) is 9.80 Å². The first kappa shape index (κ1) is 19.0. The van der Waals surface area contributed by atoms with Crippen molar-refractivity contribution in [3.8, 4) is 0 Å². The maximum Gasteiger partial charge on any atom is 0.410 e. The number of nitrogens with zero attached hydrogens (tertiary/aromatic N) is 2. The van der Waals surface area contributed by atoms with E-state index in [2.05, 4.69) is 0 Å². The molecule has 1 atom stereocenters. The molecule has 0 aromatic rings. The van der Waals surface area contributed by atoms with Gasteiger partial charge in [-0.05, 0) is 58.3 Å². The predicted molar refractivity (Wildman–Crippen MR) is 94.4 cm³/mol. The Balaban J connectivity index is 1.53. The van der Waals surface area contributed by atoms with Crippen LogP contribution < -0.4 is 0 Å². The quantitative estimate of drug-likeness (QED) is 0.701. The van der Waals surface area contributed by atoms with E-state index in [1.165, 1.54) is 7.11 Å². The monoisotopic (exact) mass is 366 g/mol. The van der Waals surface area contributed by atoms with Crippen LogP contribution in [0.4, 0.5) is 4.79 Å². The van der Waals surface area contributed by atoms with Crippen molar-refractivity contribution in [2.24, 2.45) is 5.41 Å². The van der Waals surface area contributed by atoms with E-state index in [9.17, 15) is 14.4 Å². The lowest BCUT2D eigenvalue weighted by molar-refractivity contribution is -0.155. The minimum Gasteiger partial charge on any atom is -0.467 e. The van der Waals surface area contributed by atoms with E-state index in [-0.39, 0.29) is 29.4 Å². The SMILES string of the molecule is COC(=O)C1CCC(=O)N1C1CC2(CCN(C(=O)OC(C)(C)C)CC2)C1. The van der Waals surface area contributed by atoms with Gasteiger partial charge in [-0.3, -0.25) is 4.79 Å². The highest BCUT2D eigenvalue weighted by molar-refractivity contribution is 5.88. The average molecular weight is 366 g/mol. The average Bonchev–Trinajstić information content (AvgIpc) is 2.91. The van der Waals surface area contributed by atoms with Crippen molar-refractivity contribution < 1.29 is 23.9 Å². The van der Waals surface area contributed by atoms with Gasteiger partial charge in [0.05, 0.1) is 7.11 Å². The van der Waals surface area contributed by atoms with Crippen molar-refractivity contribution in [3.05, 3.63) is 0 Å². The summed E-state index contributed by atoms with van der Waals surface area (Å²) in [5.41, 5.74) is -0.292. The molecule has 2 heterocycles. The number of likely N-dealkylation sites (tertiary alicyclic amines) is 2. The Morgan fingerprint density at radius 3 is 2.31 bits per heavy atom. The highest BCUT2D eigenvalue weighted by atomic mass is 16.6. The number of carbonyl (C=O) groups excluding carboxylic acids is 3. The first-order valence-electron chi connectivity index (χ1n) is 9.51. The van der Waals surface area contributed by atoms with Gasteiger partial charge in [0.1, 0.15) is 11.6 Å². The fourth-order valence-corrected chi connectivity index (χ4v) is 4.56. The zero-order chi connectivity index (χ0) is 19.1. The van der Waals surface area contributed by atoms with E-state index in [4.69, 9.17) is 9.47 Å². The molecule has 7 heteroatoms. The number of hydrogen-bond acceptors (Lipinski definition) is 5. The van der Waals surface area contributed by atoms with Gasteiger partial charge in [-0.2, -0.15) is 0 Å². The molecule has 0 aromatic heterocycles. The molecule has 0 radical (unpaired) electrons. The molecule has 0 N–H and O–H groups in total. The summed E-state index contributed by atoms with van der Waals surface area (Å²) in [5, 5.41) is 0. The normalized spacial score (nSPS) is 26.0. The number of rotatable bonds is 2. The topological polar surface area (TPSA) is 76.2 Å². The Bertz CT molecular complexity index is 581.